The van der Waals surface area contributed by atoms with Crippen molar-refractivity contribution in [3.8, 4) is 11.5 Å². The second-order valence-electron chi connectivity index (χ2n) is 7.07. The van der Waals surface area contributed by atoms with Crippen molar-refractivity contribution in [3.63, 3.8) is 0 Å². The third-order valence-corrected chi connectivity index (χ3v) is 4.85. The molecule has 1 fully saturated rings. The van der Waals surface area contributed by atoms with E-state index in [2.05, 4.69) is 10.6 Å². The van der Waals surface area contributed by atoms with Crippen molar-refractivity contribution in [3.05, 3.63) is 53.6 Å². The van der Waals surface area contributed by atoms with Gasteiger partial charge in [0, 0.05) is 12.1 Å². The zero-order valence-corrected chi connectivity index (χ0v) is 15.9. The third-order valence-electron chi connectivity index (χ3n) is 4.85. The lowest BCUT2D eigenvalue weighted by Gasteiger charge is -2.13. The zero-order chi connectivity index (χ0) is 20.4. The molecule has 0 saturated carbocycles. The van der Waals surface area contributed by atoms with Crippen molar-refractivity contribution in [1.82, 2.24) is 10.2 Å². The number of benzene rings is 2. The summed E-state index contributed by atoms with van der Waals surface area (Å²) in [6.07, 6.45) is 0.363. The van der Waals surface area contributed by atoms with Crippen LogP contribution in [0.1, 0.15) is 24.0 Å². The minimum absolute atomic E-state index is 0.127. The Hall–Kier alpha value is -3.55. The van der Waals surface area contributed by atoms with Gasteiger partial charge in [-0.2, -0.15) is 0 Å². The lowest BCUT2D eigenvalue weighted by Crippen LogP contribution is -2.31. The van der Waals surface area contributed by atoms with Crippen molar-refractivity contribution in [2.75, 3.05) is 12.1 Å². The highest BCUT2D eigenvalue weighted by Gasteiger charge is 2.38. The first kappa shape index (κ1) is 18.8. The van der Waals surface area contributed by atoms with Crippen LogP contribution in [-0.4, -0.2) is 35.6 Å². The topological polar surface area (TPSA) is 97.0 Å². The maximum absolute atomic E-state index is 12.6. The van der Waals surface area contributed by atoms with E-state index in [-0.39, 0.29) is 38.0 Å². The predicted molar refractivity (Wildman–Crippen MR) is 104 cm³/mol. The normalized spacial score (nSPS) is 17.4. The number of urea groups is 1. The minimum Gasteiger partial charge on any atom is -0.454 e. The molecule has 4 rings (SSSR count). The lowest BCUT2D eigenvalue weighted by molar-refractivity contribution is -0.128. The number of amides is 4. The molecule has 0 aliphatic carbocycles. The average molecular weight is 395 g/mol. The number of hydrogen-bond donors (Lipinski definition) is 2. The van der Waals surface area contributed by atoms with E-state index in [9.17, 15) is 14.4 Å². The van der Waals surface area contributed by atoms with Gasteiger partial charge in [0.15, 0.2) is 11.5 Å². The number of rotatable bonds is 6. The largest absolute Gasteiger partial charge is 0.454 e. The minimum atomic E-state index is -0.709. The molecular formula is C21H21N3O5. The summed E-state index contributed by atoms with van der Waals surface area (Å²) in [6.45, 7) is 2.24. The Kier molecular flexibility index (Phi) is 5.07. The quantitative estimate of drug-likeness (QED) is 0.733. The molecule has 8 heteroatoms. The highest BCUT2D eigenvalue weighted by molar-refractivity contribution is 6.04. The van der Waals surface area contributed by atoms with Gasteiger partial charge in [-0.3, -0.25) is 14.5 Å². The molecule has 0 spiro atoms. The molecule has 1 saturated heterocycles. The maximum Gasteiger partial charge on any atom is 0.325 e. The van der Waals surface area contributed by atoms with Crippen molar-refractivity contribution in [2.45, 2.75) is 32.4 Å². The summed E-state index contributed by atoms with van der Waals surface area (Å²) in [7, 11) is 0. The zero-order valence-electron chi connectivity index (χ0n) is 15.9. The van der Waals surface area contributed by atoms with E-state index in [1.54, 1.807) is 24.3 Å². The van der Waals surface area contributed by atoms with Crippen LogP contribution < -0.4 is 20.1 Å². The number of carbonyl (C=O) groups is 3. The van der Waals surface area contributed by atoms with Crippen LogP contribution in [0.15, 0.2) is 42.5 Å². The van der Waals surface area contributed by atoms with E-state index in [4.69, 9.17) is 9.47 Å². The first-order chi connectivity index (χ1) is 14.0. The van der Waals surface area contributed by atoms with E-state index < -0.39 is 12.1 Å². The molecular weight excluding hydrogens is 374 g/mol. The second-order valence-corrected chi connectivity index (χ2v) is 7.07. The van der Waals surface area contributed by atoms with Crippen molar-refractivity contribution in [2.24, 2.45) is 0 Å². The van der Waals surface area contributed by atoms with Gasteiger partial charge in [0.25, 0.3) is 5.91 Å². The van der Waals surface area contributed by atoms with Gasteiger partial charge in [-0.1, -0.05) is 18.2 Å². The van der Waals surface area contributed by atoms with Gasteiger partial charge < -0.3 is 20.1 Å². The molecule has 0 bridgehead atoms. The Morgan fingerprint density at radius 3 is 2.83 bits per heavy atom. The Morgan fingerprint density at radius 1 is 1.17 bits per heavy atom. The fourth-order valence-electron chi connectivity index (χ4n) is 3.37. The monoisotopic (exact) mass is 395 g/mol. The fraction of sp³-hybridized carbons (Fsp3) is 0.286. The number of hydrogen-bond acceptors (Lipinski definition) is 5. The summed E-state index contributed by atoms with van der Waals surface area (Å²) in [6, 6.07) is 11.6. The van der Waals surface area contributed by atoms with Crippen LogP contribution in [0.3, 0.4) is 0 Å². The van der Waals surface area contributed by atoms with Crippen LogP contribution in [-0.2, 0) is 16.1 Å². The number of nitrogens with one attached hydrogen (secondary N) is 2. The molecule has 1 unspecified atom stereocenters. The molecule has 1 atom stereocenters. The van der Waals surface area contributed by atoms with Crippen LogP contribution in [0.25, 0.3) is 0 Å². The van der Waals surface area contributed by atoms with Gasteiger partial charge in [0.05, 0.1) is 6.54 Å². The van der Waals surface area contributed by atoms with Gasteiger partial charge in [-0.25, -0.2) is 4.79 Å². The Balaban J connectivity index is 1.32. The van der Waals surface area contributed by atoms with Crippen molar-refractivity contribution < 1.29 is 23.9 Å². The molecule has 4 amide bonds. The molecule has 29 heavy (non-hydrogen) atoms. The molecule has 2 aromatic rings. The molecule has 2 aromatic carbocycles. The van der Waals surface area contributed by atoms with E-state index in [0.29, 0.717) is 17.2 Å². The standard InChI is InChI=1S/C21H21N3O5/c1-13-3-2-4-15(9-13)22-19(25)8-6-16-20(26)24(21(27)23-16)11-14-5-7-17-18(10-14)29-12-28-17/h2-5,7,9-10,16H,6,8,11-12H2,1H3,(H,22,25)(H,23,27). The van der Waals surface area contributed by atoms with Gasteiger partial charge in [0.2, 0.25) is 12.7 Å². The summed E-state index contributed by atoms with van der Waals surface area (Å²) < 4.78 is 10.6. The Bertz CT molecular complexity index is 975. The summed E-state index contributed by atoms with van der Waals surface area (Å²) in [5.74, 6) is 0.699. The van der Waals surface area contributed by atoms with Crippen molar-refractivity contribution >= 4 is 23.5 Å². The number of carbonyl (C=O) groups excluding carboxylic acids is 3. The summed E-state index contributed by atoms with van der Waals surface area (Å²) in [4.78, 5) is 38.2. The van der Waals surface area contributed by atoms with Crippen LogP contribution in [0, 0.1) is 6.92 Å². The van der Waals surface area contributed by atoms with Gasteiger partial charge >= 0.3 is 6.03 Å². The number of nitrogens with zero attached hydrogens (tertiary/aromatic N) is 1. The molecule has 2 heterocycles. The highest BCUT2D eigenvalue weighted by atomic mass is 16.7. The lowest BCUT2D eigenvalue weighted by atomic mass is 10.1. The number of anilines is 1. The molecule has 2 aliphatic heterocycles. The first-order valence-corrected chi connectivity index (χ1v) is 9.36. The average Bonchev–Trinajstić information content (AvgIpc) is 3.26. The van der Waals surface area contributed by atoms with E-state index in [1.165, 1.54) is 0 Å². The number of fused-ring (bicyclic) bond motifs is 1. The number of imide groups is 1. The van der Waals surface area contributed by atoms with E-state index in [1.807, 2.05) is 25.1 Å². The summed E-state index contributed by atoms with van der Waals surface area (Å²) in [5.41, 5.74) is 2.51. The van der Waals surface area contributed by atoms with E-state index in [0.717, 1.165) is 16.0 Å². The molecule has 0 radical (unpaired) electrons. The molecule has 0 aromatic heterocycles. The smallest absolute Gasteiger partial charge is 0.325 e. The predicted octanol–water partition coefficient (Wildman–Crippen LogP) is 2.56. The molecule has 150 valence electrons. The van der Waals surface area contributed by atoms with Crippen LogP contribution in [0.2, 0.25) is 0 Å². The highest BCUT2D eigenvalue weighted by Crippen LogP contribution is 2.33. The van der Waals surface area contributed by atoms with Crippen LogP contribution >= 0.6 is 0 Å². The van der Waals surface area contributed by atoms with Crippen LogP contribution in [0.4, 0.5) is 10.5 Å². The summed E-state index contributed by atoms with van der Waals surface area (Å²) >= 11 is 0. The Labute approximate surface area is 167 Å². The van der Waals surface area contributed by atoms with Crippen LogP contribution in [0.5, 0.6) is 11.5 Å². The first-order valence-electron chi connectivity index (χ1n) is 9.36. The maximum atomic E-state index is 12.6. The van der Waals surface area contributed by atoms with E-state index >= 15 is 0 Å². The number of ether oxygens (including phenoxy) is 2. The third kappa shape index (κ3) is 4.16. The van der Waals surface area contributed by atoms with Crippen molar-refractivity contribution in [1.29, 1.82) is 0 Å². The SMILES string of the molecule is Cc1cccc(NC(=O)CCC2NC(=O)N(Cc3ccc4c(c3)OCO4)C2=O)c1. The molecule has 2 aliphatic rings. The number of aryl methyl sites for hydroxylation is 1. The Morgan fingerprint density at radius 2 is 2.00 bits per heavy atom. The fourth-order valence-corrected chi connectivity index (χ4v) is 3.37. The second kappa shape index (κ2) is 7.83. The van der Waals surface area contributed by atoms with Gasteiger partial charge in [-0.15, -0.1) is 0 Å². The summed E-state index contributed by atoms with van der Waals surface area (Å²) in [5, 5.41) is 5.46. The van der Waals surface area contributed by atoms with Gasteiger partial charge in [0.1, 0.15) is 6.04 Å². The van der Waals surface area contributed by atoms with Gasteiger partial charge in [-0.05, 0) is 48.7 Å². The molecule has 8 nitrogen and oxygen atoms in total. The molecule has 2 N–H and O–H groups in total.